The van der Waals surface area contributed by atoms with Crippen molar-refractivity contribution in [3.63, 3.8) is 0 Å². The smallest absolute Gasteiger partial charge is 0.266 e. The lowest BCUT2D eigenvalue weighted by atomic mass is 9.93. The zero-order valence-corrected chi connectivity index (χ0v) is 29.9. The Bertz CT molecular complexity index is 1090. The van der Waals surface area contributed by atoms with E-state index in [0.29, 0.717) is 4.90 Å². The fraction of sp³-hybridized carbons (Fsp3) is 0.750. The number of hydrogen-bond acceptors (Lipinski definition) is 3. The number of benzene rings is 2. The van der Waals surface area contributed by atoms with E-state index in [0.717, 1.165) is 67.7 Å². The molecule has 0 spiro atoms. The highest BCUT2D eigenvalue weighted by Gasteiger charge is 2.25. The van der Waals surface area contributed by atoms with Gasteiger partial charge < -0.3 is 0 Å². The first-order valence-electron chi connectivity index (χ1n) is 19.0. The van der Waals surface area contributed by atoms with Crippen LogP contribution in [0.25, 0.3) is 10.8 Å². The van der Waals surface area contributed by atoms with Crippen molar-refractivity contribution in [1.29, 1.82) is 0 Å². The largest absolute Gasteiger partial charge is 0.297 e. The predicted molar refractivity (Wildman–Crippen MR) is 192 cm³/mol. The molecule has 2 rings (SSSR count). The van der Waals surface area contributed by atoms with Crippen LogP contribution in [0.2, 0.25) is 0 Å². The second-order valence-electron chi connectivity index (χ2n) is 13.3. The van der Waals surface area contributed by atoms with Gasteiger partial charge in [0, 0.05) is 5.39 Å². The molecule has 0 amide bonds. The van der Waals surface area contributed by atoms with Gasteiger partial charge in [0.25, 0.3) is 10.1 Å². The highest BCUT2D eigenvalue weighted by atomic mass is 32.2. The van der Waals surface area contributed by atoms with E-state index >= 15 is 0 Å². The fourth-order valence-electron chi connectivity index (χ4n) is 6.54. The molecule has 2 aromatic rings. The second kappa shape index (κ2) is 24.8. The van der Waals surface area contributed by atoms with Crippen molar-refractivity contribution in [2.24, 2.45) is 0 Å². The van der Waals surface area contributed by atoms with Gasteiger partial charge in [0.15, 0.2) is 0 Å². The van der Waals surface area contributed by atoms with Crippen LogP contribution < -0.4 is 0 Å². The van der Waals surface area contributed by atoms with Gasteiger partial charge >= 0.3 is 0 Å². The van der Waals surface area contributed by atoms with Gasteiger partial charge in [0.2, 0.25) is 0 Å². The summed E-state index contributed by atoms with van der Waals surface area (Å²) in [5.74, 6) is 0. The Balaban J connectivity index is 2.09. The molecule has 0 atom stereocenters. The SMILES string of the molecule is CCCCCCCCCCCCOS(=O)(=O)c1c(CCCCCCCCC)c(CCCCCCCCC)cc2ccccc12. The predicted octanol–water partition coefficient (Wildman–Crippen LogP) is 13.1. The van der Waals surface area contributed by atoms with Crippen LogP contribution in [0.3, 0.4) is 0 Å². The van der Waals surface area contributed by atoms with E-state index in [-0.39, 0.29) is 6.61 Å². The topological polar surface area (TPSA) is 43.4 Å². The van der Waals surface area contributed by atoms with Gasteiger partial charge in [0.1, 0.15) is 4.90 Å². The third-order valence-electron chi connectivity index (χ3n) is 9.26. The second-order valence-corrected chi connectivity index (χ2v) is 14.8. The average molecular weight is 629 g/mol. The first-order valence-corrected chi connectivity index (χ1v) is 20.4. The van der Waals surface area contributed by atoms with Crippen molar-refractivity contribution < 1.29 is 12.6 Å². The summed E-state index contributed by atoms with van der Waals surface area (Å²) in [5, 5.41) is 1.85. The van der Waals surface area contributed by atoms with Crippen LogP contribution in [-0.2, 0) is 27.1 Å². The Morgan fingerprint density at radius 2 is 0.955 bits per heavy atom. The van der Waals surface area contributed by atoms with E-state index in [9.17, 15) is 8.42 Å². The van der Waals surface area contributed by atoms with Gasteiger partial charge in [-0.1, -0.05) is 186 Å². The lowest BCUT2D eigenvalue weighted by Gasteiger charge is -2.19. The van der Waals surface area contributed by atoms with Crippen molar-refractivity contribution in [2.75, 3.05) is 6.61 Å². The van der Waals surface area contributed by atoms with E-state index in [1.807, 2.05) is 18.2 Å². The van der Waals surface area contributed by atoms with Gasteiger partial charge in [-0.05, 0) is 48.6 Å². The first kappa shape index (κ1) is 38.8. The Morgan fingerprint density at radius 1 is 0.523 bits per heavy atom. The molecule has 2 aromatic carbocycles. The van der Waals surface area contributed by atoms with Crippen LogP contribution in [0.15, 0.2) is 35.2 Å². The standard InChI is InChI=1S/C40H68O3S/c1-4-7-10-13-16-17-18-21-24-29-34-43-44(41,42)40-38(32-26-23-20-15-12-9-6-3)36(30-25-22-19-14-11-8-5-2)35-37-31-27-28-33-39(37)40/h27-28,31,33,35H,4-26,29-30,32,34H2,1-3H3. The third kappa shape index (κ3) is 15.7. The fourth-order valence-corrected chi connectivity index (χ4v) is 7.99. The number of unbranched alkanes of at least 4 members (excludes halogenated alkanes) is 21. The van der Waals surface area contributed by atoms with Crippen molar-refractivity contribution in [2.45, 2.75) is 193 Å². The van der Waals surface area contributed by atoms with Gasteiger partial charge in [0.05, 0.1) is 6.61 Å². The van der Waals surface area contributed by atoms with Crippen LogP contribution in [0, 0.1) is 0 Å². The summed E-state index contributed by atoms with van der Waals surface area (Å²) in [6, 6.07) is 10.3. The molecule has 0 unspecified atom stereocenters. The molecule has 3 nitrogen and oxygen atoms in total. The quantitative estimate of drug-likeness (QED) is 0.0665. The molecule has 0 fully saturated rings. The molecule has 0 aliphatic heterocycles. The van der Waals surface area contributed by atoms with Crippen molar-refractivity contribution in [1.82, 2.24) is 0 Å². The molecule has 0 saturated heterocycles. The number of fused-ring (bicyclic) bond motifs is 1. The lowest BCUT2D eigenvalue weighted by molar-refractivity contribution is 0.306. The Morgan fingerprint density at radius 3 is 1.48 bits per heavy atom. The minimum atomic E-state index is -3.85. The van der Waals surface area contributed by atoms with Gasteiger partial charge in [-0.3, -0.25) is 4.18 Å². The maximum Gasteiger partial charge on any atom is 0.297 e. The number of aryl methyl sites for hydroxylation is 1. The maximum atomic E-state index is 13.9. The molecule has 0 bridgehead atoms. The van der Waals surface area contributed by atoms with Crippen LogP contribution in [0.5, 0.6) is 0 Å². The van der Waals surface area contributed by atoms with Gasteiger partial charge in [-0.2, -0.15) is 8.42 Å². The Labute approximate surface area is 273 Å². The maximum absolute atomic E-state index is 13.9. The molecule has 0 aromatic heterocycles. The van der Waals surface area contributed by atoms with Crippen LogP contribution in [-0.4, -0.2) is 15.0 Å². The summed E-state index contributed by atoms with van der Waals surface area (Å²) in [4.78, 5) is 0.464. The first-order chi connectivity index (χ1) is 21.5. The normalized spacial score (nSPS) is 12.0. The van der Waals surface area contributed by atoms with E-state index in [1.54, 1.807) is 0 Å². The molecule has 0 saturated carbocycles. The van der Waals surface area contributed by atoms with Crippen LogP contribution in [0.4, 0.5) is 0 Å². The zero-order chi connectivity index (χ0) is 31.7. The highest BCUT2D eigenvalue weighted by Crippen LogP contribution is 2.34. The van der Waals surface area contributed by atoms with Gasteiger partial charge in [-0.15, -0.1) is 0 Å². The molecule has 0 aliphatic carbocycles. The molecular weight excluding hydrogens is 561 g/mol. The molecule has 252 valence electrons. The average Bonchev–Trinajstić information content (AvgIpc) is 3.02. The van der Waals surface area contributed by atoms with E-state index in [1.165, 1.54) is 121 Å². The highest BCUT2D eigenvalue weighted by molar-refractivity contribution is 7.87. The molecule has 4 heteroatoms. The zero-order valence-electron chi connectivity index (χ0n) is 29.1. The summed E-state index contributed by atoms with van der Waals surface area (Å²) >= 11 is 0. The van der Waals surface area contributed by atoms with E-state index in [4.69, 9.17) is 4.18 Å². The number of rotatable bonds is 29. The minimum absolute atomic E-state index is 0.284. The number of hydrogen-bond donors (Lipinski definition) is 0. The van der Waals surface area contributed by atoms with Crippen LogP contribution >= 0.6 is 0 Å². The molecule has 0 N–H and O–H groups in total. The van der Waals surface area contributed by atoms with Crippen molar-refractivity contribution >= 4 is 20.9 Å². The van der Waals surface area contributed by atoms with Crippen molar-refractivity contribution in [3.05, 3.63) is 41.5 Å². The van der Waals surface area contributed by atoms with Crippen molar-refractivity contribution in [3.8, 4) is 0 Å². The minimum Gasteiger partial charge on any atom is -0.266 e. The van der Waals surface area contributed by atoms with E-state index < -0.39 is 10.1 Å². The summed E-state index contributed by atoms with van der Waals surface area (Å²) in [6.45, 7) is 7.06. The lowest BCUT2D eigenvalue weighted by Crippen LogP contribution is -2.13. The monoisotopic (exact) mass is 628 g/mol. The summed E-state index contributed by atoms with van der Waals surface area (Å²) in [5.41, 5.74) is 2.26. The van der Waals surface area contributed by atoms with E-state index in [2.05, 4.69) is 32.9 Å². The summed E-state index contributed by atoms with van der Waals surface area (Å²) < 4.78 is 33.7. The Kier molecular flexibility index (Phi) is 21.9. The molecule has 0 aliphatic rings. The third-order valence-corrected chi connectivity index (χ3v) is 10.7. The van der Waals surface area contributed by atoms with Gasteiger partial charge in [-0.25, -0.2) is 0 Å². The summed E-state index contributed by atoms with van der Waals surface area (Å²) in [7, 11) is -3.85. The summed E-state index contributed by atoms with van der Waals surface area (Å²) in [6.07, 6.45) is 31.4. The molecule has 0 heterocycles. The molecule has 0 radical (unpaired) electrons. The Hall–Kier alpha value is -1.39. The molecular formula is C40H68O3S. The molecule has 44 heavy (non-hydrogen) atoms. The van der Waals surface area contributed by atoms with Crippen LogP contribution in [0.1, 0.15) is 186 Å².